The van der Waals surface area contributed by atoms with Crippen LogP contribution in [0.3, 0.4) is 0 Å². The highest BCUT2D eigenvalue weighted by Gasteiger charge is 2.47. The third-order valence-electron chi connectivity index (χ3n) is 4.48. The normalized spacial score (nSPS) is 18.6. The summed E-state index contributed by atoms with van der Waals surface area (Å²) in [6, 6.07) is 16.1. The number of hydrogen-bond donors (Lipinski definition) is 1. The maximum Gasteiger partial charge on any atom is 0.300 e. The molecule has 0 bridgehead atoms. The van der Waals surface area contributed by atoms with E-state index in [0.717, 1.165) is 4.88 Å². The van der Waals surface area contributed by atoms with Crippen LogP contribution in [0.4, 0.5) is 5.69 Å². The molecule has 1 amide bonds. The van der Waals surface area contributed by atoms with Gasteiger partial charge < -0.3 is 5.11 Å². The van der Waals surface area contributed by atoms with E-state index in [2.05, 4.69) is 0 Å². The first-order valence-electron chi connectivity index (χ1n) is 8.33. The van der Waals surface area contributed by atoms with Crippen molar-refractivity contribution in [1.29, 1.82) is 0 Å². The van der Waals surface area contributed by atoms with Gasteiger partial charge in [0.05, 0.1) is 5.57 Å². The Bertz CT molecular complexity index is 1070. The molecule has 0 aliphatic carbocycles. The first kappa shape index (κ1) is 18.7. The summed E-state index contributed by atoms with van der Waals surface area (Å²) in [5.74, 6) is -1.66. The van der Waals surface area contributed by atoms with Crippen LogP contribution in [0.2, 0.25) is 10.0 Å². The van der Waals surface area contributed by atoms with Gasteiger partial charge >= 0.3 is 0 Å². The molecule has 1 fully saturated rings. The van der Waals surface area contributed by atoms with E-state index in [-0.39, 0.29) is 11.3 Å². The van der Waals surface area contributed by atoms with E-state index in [0.29, 0.717) is 21.3 Å². The molecule has 0 saturated carbocycles. The number of aliphatic hydroxyl groups excluding tert-OH is 1. The molecule has 2 aromatic carbocycles. The Morgan fingerprint density at radius 2 is 1.54 bits per heavy atom. The van der Waals surface area contributed by atoms with Gasteiger partial charge in [0.15, 0.2) is 0 Å². The quantitative estimate of drug-likeness (QED) is 0.330. The lowest BCUT2D eigenvalue weighted by atomic mass is 10.00. The van der Waals surface area contributed by atoms with Crippen LogP contribution in [-0.2, 0) is 9.59 Å². The van der Waals surface area contributed by atoms with E-state index in [1.54, 1.807) is 48.5 Å². The third kappa shape index (κ3) is 3.22. The molecule has 0 spiro atoms. The number of hydrogen-bond acceptors (Lipinski definition) is 4. The van der Waals surface area contributed by atoms with Crippen LogP contribution in [-0.4, -0.2) is 16.8 Å². The summed E-state index contributed by atoms with van der Waals surface area (Å²) < 4.78 is 0. The molecule has 0 radical (unpaired) electrons. The number of anilines is 1. The highest BCUT2D eigenvalue weighted by atomic mass is 35.5. The van der Waals surface area contributed by atoms with Crippen LogP contribution in [0.25, 0.3) is 5.76 Å². The highest BCUT2D eigenvalue weighted by Crippen LogP contribution is 2.43. The van der Waals surface area contributed by atoms with Crippen LogP contribution < -0.4 is 4.90 Å². The number of nitrogens with zero attached hydrogens (tertiary/aromatic N) is 1. The predicted octanol–water partition coefficient (Wildman–Crippen LogP) is 5.68. The van der Waals surface area contributed by atoms with Crippen LogP contribution in [0, 0.1) is 0 Å². The Balaban J connectivity index is 1.91. The lowest BCUT2D eigenvalue weighted by molar-refractivity contribution is -0.132. The minimum Gasteiger partial charge on any atom is -0.507 e. The zero-order valence-electron chi connectivity index (χ0n) is 14.3. The molecule has 4 nitrogen and oxygen atoms in total. The second-order valence-corrected chi connectivity index (χ2v) is 8.02. The van der Waals surface area contributed by atoms with E-state index in [4.69, 9.17) is 23.2 Å². The molecule has 1 N–H and O–H groups in total. The van der Waals surface area contributed by atoms with Gasteiger partial charge in [0.1, 0.15) is 11.8 Å². The number of carbonyl (C=O) groups excluding carboxylic acids is 2. The molecule has 1 aromatic heterocycles. The molecule has 1 atom stereocenters. The lowest BCUT2D eigenvalue weighted by Gasteiger charge is -2.24. The average Bonchev–Trinajstić information content (AvgIpc) is 3.30. The van der Waals surface area contributed by atoms with Crippen LogP contribution in [0.15, 0.2) is 71.6 Å². The van der Waals surface area contributed by atoms with E-state index >= 15 is 0 Å². The lowest BCUT2D eigenvalue weighted by Crippen LogP contribution is -2.29. The molecule has 140 valence electrons. The van der Waals surface area contributed by atoms with Gasteiger partial charge in [-0.05, 0) is 60.0 Å². The van der Waals surface area contributed by atoms with Crippen LogP contribution >= 0.6 is 34.5 Å². The fraction of sp³-hybridized carbons (Fsp3) is 0.0476. The largest absolute Gasteiger partial charge is 0.507 e. The first-order valence-corrected chi connectivity index (χ1v) is 9.97. The van der Waals surface area contributed by atoms with Crippen molar-refractivity contribution in [2.24, 2.45) is 0 Å². The number of rotatable bonds is 3. The van der Waals surface area contributed by atoms with Crippen molar-refractivity contribution in [3.8, 4) is 0 Å². The van der Waals surface area contributed by atoms with Crippen molar-refractivity contribution in [3.63, 3.8) is 0 Å². The maximum absolute atomic E-state index is 12.9. The van der Waals surface area contributed by atoms with Gasteiger partial charge in [-0.2, -0.15) is 0 Å². The fourth-order valence-corrected chi connectivity index (χ4v) is 4.26. The summed E-state index contributed by atoms with van der Waals surface area (Å²) >= 11 is 13.3. The summed E-state index contributed by atoms with van der Waals surface area (Å²) in [7, 11) is 0. The van der Waals surface area contributed by atoms with Crippen LogP contribution in [0.5, 0.6) is 0 Å². The molecule has 1 saturated heterocycles. The standard InChI is InChI=1S/C21H13Cl2NO3S/c22-13-5-3-12(4-6-13)19(25)17-18(16-2-1-11-28-16)24(21(27)20(17)26)15-9-7-14(23)8-10-15/h1-11,18,25H/b19-17-. The second-order valence-electron chi connectivity index (χ2n) is 6.17. The number of amides is 1. The average molecular weight is 430 g/mol. The molecule has 1 aliphatic heterocycles. The van der Waals surface area contributed by atoms with Gasteiger partial charge in [0, 0.05) is 26.2 Å². The monoisotopic (exact) mass is 429 g/mol. The van der Waals surface area contributed by atoms with Crippen LogP contribution in [0.1, 0.15) is 16.5 Å². The van der Waals surface area contributed by atoms with E-state index in [1.807, 2.05) is 17.5 Å². The number of thiophene rings is 1. The molecule has 2 heterocycles. The molecule has 7 heteroatoms. The number of Topliss-reactive ketones (excluding diaryl/α,β-unsaturated/α-hetero) is 1. The minimum absolute atomic E-state index is 0.0460. The van der Waals surface area contributed by atoms with E-state index < -0.39 is 17.7 Å². The summed E-state index contributed by atoms with van der Waals surface area (Å²) in [5.41, 5.74) is 0.991. The summed E-state index contributed by atoms with van der Waals surface area (Å²) in [4.78, 5) is 27.9. The van der Waals surface area contributed by atoms with Crippen molar-refractivity contribution < 1.29 is 14.7 Å². The van der Waals surface area contributed by atoms with E-state index in [1.165, 1.54) is 16.2 Å². The number of aliphatic hydroxyl groups is 1. The smallest absolute Gasteiger partial charge is 0.300 e. The van der Waals surface area contributed by atoms with Gasteiger partial charge in [-0.3, -0.25) is 14.5 Å². The molecule has 3 aromatic rings. The van der Waals surface area contributed by atoms with Gasteiger partial charge in [-0.15, -0.1) is 11.3 Å². The van der Waals surface area contributed by atoms with Crippen molar-refractivity contribution in [2.75, 3.05) is 4.90 Å². The van der Waals surface area contributed by atoms with Gasteiger partial charge in [0.25, 0.3) is 11.7 Å². The molecule has 4 rings (SSSR count). The van der Waals surface area contributed by atoms with Crippen molar-refractivity contribution in [3.05, 3.63) is 92.1 Å². The molecular formula is C21H13Cl2NO3S. The predicted molar refractivity (Wildman–Crippen MR) is 112 cm³/mol. The first-order chi connectivity index (χ1) is 13.5. The fourth-order valence-electron chi connectivity index (χ4n) is 3.18. The Kier molecular flexibility index (Phi) is 4.98. The Morgan fingerprint density at radius 3 is 2.11 bits per heavy atom. The Morgan fingerprint density at radius 1 is 0.929 bits per heavy atom. The van der Waals surface area contributed by atoms with Crippen molar-refractivity contribution in [1.82, 2.24) is 0 Å². The zero-order valence-corrected chi connectivity index (χ0v) is 16.6. The topological polar surface area (TPSA) is 57.6 Å². The third-order valence-corrected chi connectivity index (χ3v) is 5.91. The molecule has 1 aliphatic rings. The van der Waals surface area contributed by atoms with Crippen molar-refractivity contribution in [2.45, 2.75) is 6.04 Å². The van der Waals surface area contributed by atoms with E-state index in [9.17, 15) is 14.7 Å². The number of ketones is 1. The van der Waals surface area contributed by atoms with Gasteiger partial charge in [-0.25, -0.2) is 0 Å². The maximum atomic E-state index is 12.9. The summed E-state index contributed by atoms with van der Waals surface area (Å²) in [6.07, 6.45) is 0. The summed E-state index contributed by atoms with van der Waals surface area (Å²) in [5, 5.41) is 13.8. The van der Waals surface area contributed by atoms with Gasteiger partial charge in [0.2, 0.25) is 0 Å². The number of benzene rings is 2. The molecule has 28 heavy (non-hydrogen) atoms. The minimum atomic E-state index is -0.735. The Hall–Kier alpha value is -2.60. The molecular weight excluding hydrogens is 417 g/mol. The number of halogens is 2. The van der Waals surface area contributed by atoms with Gasteiger partial charge in [-0.1, -0.05) is 29.3 Å². The number of carbonyl (C=O) groups is 2. The Labute approximate surface area is 175 Å². The highest BCUT2D eigenvalue weighted by molar-refractivity contribution is 7.10. The summed E-state index contributed by atoms with van der Waals surface area (Å²) in [6.45, 7) is 0. The molecule has 1 unspecified atom stereocenters. The second kappa shape index (κ2) is 7.43. The SMILES string of the molecule is O=C1C(=O)N(c2ccc(Cl)cc2)C(c2cccs2)/C1=C(/O)c1ccc(Cl)cc1. The van der Waals surface area contributed by atoms with Crippen molar-refractivity contribution >= 4 is 57.7 Å². The zero-order chi connectivity index (χ0) is 19.8.